The van der Waals surface area contributed by atoms with Crippen molar-refractivity contribution in [2.75, 3.05) is 19.3 Å². The van der Waals surface area contributed by atoms with Crippen LogP contribution in [-0.4, -0.2) is 32.1 Å². The van der Waals surface area contributed by atoms with Gasteiger partial charge in [0.1, 0.15) is 0 Å². The first-order chi connectivity index (χ1) is 10.2. The Labute approximate surface area is 129 Å². The lowest BCUT2D eigenvalue weighted by Gasteiger charge is -2.31. The van der Waals surface area contributed by atoms with Gasteiger partial charge in [0.15, 0.2) is 0 Å². The maximum Gasteiger partial charge on any atom is 0.416 e. The molecule has 0 saturated carbocycles. The smallest absolute Gasteiger partial charge is 0.213 e. The second kappa shape index (κ2) is 6.58. The summed E-state index contributed by atoms with van der Waals surface area (Å²) in [6.07, 6.45) is -0.661. The Hall–Kier alpha value is -1.08. The maximum atomic E-state index is 12.9. The normalized spacial score (nSPS) is 21.0. The van der Waals surface area contributed by atoms with Crippen molar-refractivity contribution in [3.8, 4) is 0 Å². The number of hydrogen-bond acceptors (Lipinski definition) is 2. The molecule has 0 N–H and O–H groups in total. The van der Waals surface area contributed by atoms with Crippen LogP contribution in [0.3, 0.4) is 0 Å². The highest BCUT2D eigenvalue weighted by atomic mass is 32.2. The minimum atomic E-state index is -4.35. The summed E-state index contributed by atoms with van der Waals surface area (Å²) < 4.78 is 63.4. The van der Waals surface area contributed by atoms with Crippen LogP contribution in [0.5, 0.6) is 0 Å². The summed E-state index contributed by atoms with van der Waals surface area (Å²) in [4.78, 5) is 0. The summed E-state index contributed by atoms with van der Waals surface area (Å²) >= 11 is 0. The van der Waals surface area contributed by atoms with Gasteiger partial charge < -0.3 is 0 Å². The summed E-state index contributed by atoms with van der Waals surface area (Å²) in [5, 5.41) is 0. The summed E-state index contributed by atoms with van der Waals surface area (Å²) in [5.74, 6) is 0.116. The van der Waals surface area contributed by atoms with Crippen molar-refractivity contribution in [3.05, 3.63) is 35.4 Å². The number of rotatable bonds is 4. The molecule has 1 aliphatic heterocycles. The molecule has 7 heteroatoms. The molecule has 1 aromatic carbocycles. The molecule has 3 nitrogen and oxygen atoms in total. The standard InChI is InChI=1S/C15H20F3NO2S/c1-22(20,21)19-10-4-5-12(11-19)8-9-13-6-2-3-7-14(13)15(16,17)18/h2-3,6-7,12H,4-5,8-11H2,1H3/t12-/m0/s1. The first-order valence-electron chi connectivity index (χ1n) is 7.28. The molecule has 0 bridgehead atoms. The van der Waals surface area contributed by atoms with Crippen molar-refractivity contribution >= 4 is 10.0 Å². The lowest BCUT2D eigenvalue weighted by molar-refractivity contribution is -0.138. The van der Waals surface area contributed by atoms with E-state index in [0.717, 1.165) is 18.9 Å². The van der Waals surface area contributed by atoms with E-state index in [-0.39, 0.29) is 11.5 Å². The number of nitrogens with zero attached hydrogens (tertiary/aromatic N) is 1. The fourth-order valence-corrected chi connectivity index (χ4v) is 3.88. The predicted molar refractivity (Wildman–Crippen MR) is 78.9 cm³/mol. The Balaban J connectivity index is 2.02. The molecule has 1 atom stereocenters. The topological polar surface area (TPSA) is 37.4 Å². The largest absolute Gasteiger partial charge is 0.416 e. The van der Waals surface area contributed by atoms with Crippen molar-refractivity contribution in [2.45, 2.75) is 31.9 Å². The molecule has 124 valence electrons. The van der Waals surface area contributed by atoms with Crippen LogP contribution in [0.1, 0.15) is 30.4 Å². The van der Waals surface area contributed by atoms with Gasteiger partial charge in [0.05, 0.1) is 11.8 Å². The first kappa shape index (κ1) is 17.3. The second-order valence-corrected chi connectivity index (χ2v) is 7.81. The van der Waals surface area contributed by atoms with Crippen LogP contribution in [0.25, 0.3) is 0 Å². The van der Waals surface area contributed by atoms with Crippen LogP contribution in [0.15, 0.2) is 24.3 Å². The van der Waals surface area contributed by atoms with E-state index in [9.17, 15) is 21.6 Å². The SMILES string of the molecule is CS(=O)(=O)N1CCC[C@@H](CCc2ccccc2C(F)(F)F)C1. The summed E-state index contributed by atoms with van der Waals surface area (Å²) in [6.45, 7) is 0.918. The summed E-state index contributed by atoms with van der Waals surface area (Å²) in [7, 11) is -3.22. The van der Waals surface area contributed by atoms with Gasteiger partial charge in [-0.1, -0.05) is 18.2 Å². The highest BCUT2D eigenvalue weighted by Crippen LogP contribution is 2.33. The van der Waals surface area contributed by atoms with Crippen LogP contribution >= 0.6 is 0 Å². The number of halogens is 3. The van der Waals surface area contributed by atoms with Gasteiger partial charge in [-0.25, -0.2) is 12.7 Å². The number of alkyl halides is 3. The van der Waals surface area contributed by atoms with Gasteiger partial charge in [0, 0.05) is 13.1 Å². The molecular weight excluding hydrogens is 315 g/mol. The Morgan fingerprint density at radius 3 is 2.59 bits per heavy atom. The fourth-order valence-electron chi connectivity index (χ4n) is 2.94. The number of piperidine rings is 1. The average Bonchev–Trinajstić information content (AvgIpc) is 2.44. The van der Waals surface area contributed by atoms with E-state index in [4.69, 9.17) is 0 Å². The molecule has 1 aliphatic rings. The molecule has 0 amide bonds. The van der Waals surface area contributed by atoms with Crippen molar-refractivity contribution in [2.24, 2.45) is 5.92 Å². The monoisotopic (exact) mass is 335 g/mol. The fraction of sp³-hybridized carbons (Fsp3) is 0.600. The van der Waals surface area contributed by atoms with Crippen molar-refractivity contribution in [1.29, 1.82) is 0 Å². The summed E-state index contributed by atoms with van der Waals surface area (Å²) in [5.41, 5.74) is -0.308. The minimum Gasteiger partial charge on any atom is -0.213 e. The Morgan fingerprint density at radius 2 is 1.95 bits per heavy atom. The van der Waals surface area contributed by atoms with Crippen LogP contribution < -0.4 is 0 Å². The molecule has 0 radical (unpaired) electrons. The Morgan fingerprint density at radius 1 is 1.27 bits per heavy atom. The Kier molecular flexibility index (Phi) is 5.17. The Bertz CT molecular complexity index is 613. The lowest BCUT2D eigenvalue weighted by Crippen LogP contribution is -2.39. The molecule has 0 aliphatic carbocycles. The molecule has 0 unspecified atom stereocenters. The molecule has 1 fully saturated rings. The third kappa shape index (κ3) is 4.46. The zero-order chi connectivity index (χ0) is 16.4. The van der Waals surface area contributed by atoms with Crippen molar-refractivity contribution < 1.29 is 21.6 Å². The van der Waals surface area contributed by atoms with Crippen LogP contribution in [0.4, 0.5) is 13.2 Å². The maximum absolute atomic E-state index is 12.9. The lowest BCUT2D eigenvalue weighted by atomic mass is 9.91. The van der Waals surface area contributed by atoms with Gasteiger partial charge in [0.25, 0.3) is 0 Å². The highest BCUT2D eigenvalue weighted by molar-refractivity contribution is 7.88. The number of sulfonamides is 1. The molecule has 0 aromatic heterocycles. The number of aryl methyl sites for hydroxylation is 1. The third-order valence-corrected chi connectivity index (χ3v) is 5.37. The van der Waals surface area contributed by atoms with Crippen LogP contribution in [-0.2, 0) is 22.6 Å². The van der Waals surface area contributed by atoms with E-state index in [1.165, 1.54) is 22.7 Å². The molecule has 1 heterocycles. The molecule has 2 rings (SSSR count). The van der Waals surface area contributed by atoms with Gasteiger partial charge in [-0.3, -0.25) is 0 Å². The van der Waals surface area contributed by atoms with E-state index < -0.39 is 21.8 Å². The van der Waals surface area contributed by atoms with E-state index in [1.54, 1.807) is 6.07 Å². The van der Waals surface area contributed by atoms with E-state index >= 15 is 0 Å². The molecule has 0 spiro atoms. The zero-order valence-electron chi connectivity index (χ0n) is 12.4. The molecule has 1 aromatic rings. The predicted octanol–water partition coefficient (Wildman–Crippen LogP) is 3.31. The molecule has 1 saturated heterocycles. The number of hydrogen-bond donors (Lipinski definition) is 0. The summed E-state index contributed by atoms with van der Waals surface area (Å²) in [6, 6.07) is 5.59. The first-order valence-corrected chi connectivity index (χ1v) is 9.13. The van der Waals surface area contributed by atoms with Crippen LogP contribution in [0, 0.1) is 5.92 Å². The minimum absolute atomic E-state index is 0.116. The van der Waals surface area contributed by atoms with Gasteiger partial charge in [0.2, 0.25) is 10.0 Å². The zero-order valence-corrected chi connectivity index (χ0v) is 13.3. The highest BCUT2D eigenvalue weighted by Gasteiger charge is 2.33. The number of benzene rings is 1. The molecule has 22 heavy (non-hydrogen) atoms. The van der Waals surface area contributed by atoms with E-state index in [1.807, 2.05) is 0 Å². The van der Waals surface area contributed by atoms with Crippen molar-refractivity contribution in [1.82, 2.24) is 4.31 Å². The third-order valence-electron chi connectivity index (χ3n) is 4.10. The van der Waals surface area contributed by atoms with Gasteiger partial charge in [-0.05, 0) is 43.2 Å². The van der Waals surface area contributed by atoms with Gasteiger partial charge >= 0.3 is 6.18 Å². The molecular formula is C15H20F3NO2S. The van der Waals surface area contributed by atoms with E-state index in [0.29, 0.717) is 25.9 Å². The van der Waals surface area contributed by atoms with E-state index in [2.05, 4.69) is 0 Å². The van der Waals surface area contributed by atoms with Gasteiger partial charge in [-0.15, -0.1) is 0 Å². The quantitative estimate of drug-likeness (QED) is 0.846. The second-order valence-electron chi connectivity index (χ2n) is 5.82. The van der Waals surface area contributed by atoms with Crippen molar-refractivity contribution in [3.63, 3.8) is 0 Å². The average molecular weight is 335 g/mol. The van der Waals surface area contributed by atoms with Crippen LogP contribution in [0.2, 0.25) is 0 Å². The van der Waals surface area contributed by atoms with Gasteiger partial charge in [-0.2, -0.15) is 13.2 Å².